The maximum atomic E-state index is 13.1. The molecular weight excluding hydrogens is 388 g/mol. The largest absolute Gasteiger partial charge is 0.462 e. The summed E-state index contributed by atoms with van der Waals surface area (Å²) in [5, 5.41) is 0.548. The molecule has 2 aromatic heterocycles. The molecule has 0 bridgehead atoms. The molecule has 29 heavy (non-hydrogen) atoms. The zero-order chi connectivity index (χ0) is 20.7. The topological polar surface area (TPSA) is 61.2 Å². The van der Waals surface area contributed by atoms with Gasteiger partial charge in [0.1, 0.15) is 5.56 Å². The first kappa shape index (κ1) is 19.6. The third-order valence-corrected chi connectivity index (χ3v) is 5.61. The highest BCUT2D eigenvalue weighted by atomic mass is 35.5. The minimum atomic E-state index is -0.563. The Labute approximate surface area is 174 Å². The van der Waals surface area contributed by atoms with Gasteiger partial charge >= 0.3 is 5.97 Å². The molecule has 150 valence electrons. The van der Waals surface area contributed by atoms with Crippen LogP contribution < -0.4 is 5.43 Å². The second-order valence-corrected chi connectivity index (χ2v) is 7.75. The molecule has 0 radical (unpaired) electrons. The lowest BCUT2D eigenvalue weighted by Gasteiger charge is -2.17. The Kier molecular flexibility index (Phi) is 5.17. The van der Waals surface area contributed by atoms with Crippen molar-refractivity contribution in [3.63, 3.8) is 0 Å². The van der Waals surface area contributed by atoms with Gasteiger partial charge in [-0.25, -0.2) is 4.79 Å². The summed E-state index contributed by atoms with van der Waals surface area (Å²) < 4.78 is 7.18. The molecule has 0 saturated heterocycles. The van der Waals surface area contributed by atoms with Crippen LogP contribution in [0.4, 0.5) is 0 Å². The third kappa shape index (κ3) is 3.55. The molecule has 3 aromatic rings. The maximum Gasteiger partial charge on any atom is 0.343 e. The zero-order valence-electron chi connectivity index (χ0n) is 16.8. The minimum absolute atomic E-state index is 0.0996. The number of carbonyl (C=O) groups excluding carboxylic acids is 1. The number of hydrogen-bond acceptors (Lipinski definition) is 4. The lowest BCUT2D eigenvalue weighted by atomic mass is 9.96. The molecule has 1 aliphatic rings. The Hall–Kier alpha value is -2.66. The standard InChI is InChI=1S/C23H23ClN2O3/c1-4-29-23(28)20-12-26(17-5-6-17)21-14(3)18(7-8-19(21)22(20)27)15-9-13(2)25-16(10-15)11-24/h7-10,12,17H,4-6,11H2,1-3H3. The average Bonchev–Trinajstić information content (AvgIpc) is 3.53. The van der Waals surface area contributed by atoms with Crippen LogP contribution in [0.15, 0.2) is 35.3 Å². The van der Waals surface area contributed by atoms with Crippen molar-refractivity contribution in [3.05, 3.63) is 63.2 Å². The van der Waals surface area contributed by atoms with Crippen molar-refractivity contribution in [1.82, 2.24) is 9.55 Å². The SMILES string of the molecule is CCOC(=O)c1cn(C2CC2)c2c(C)c(-c3cc(C)nc(CCl)c3)ccc2c1=O. The number of rotatable bonds is 5. The van der Waals surface area contributed by atoms with Gasteiger partial charge in [0.25, 0.3) is 0 Å². The Morgan fingerprint density at radius 3 is 2.69 bits per heavy atom. The Balaban J connectivity index is 1.98. The predicted molar refractivity (Wildman–Crippen MR) is 115 cm³/mol. The van der Waals surface area contributed by atoms with E-state index < -0.39 is 5.97 Å². The van der Waals surface area contributed by atoms with E-state index in [4.69, 9.17) is 16.3 Å². The summed E-state index contributed by atoms with van der Waals surface area (Å²) in [6.07, 6.45) is 3.75. The highest BCUT2D eigenvalue weighted by molar-refractivity contribution is 6.16. The van der Waals surface area contributed by atoms with Gasteiger partial charge in [-0.3, -0.25) is 9.78 Å². The average molecular weight is 411 g/mol. The van der Waals surface area contributed by atoms with E-state index in [1.165, 1.54) is 0 Å². The second-order valence-electron chi connectivity index (χ2n) is 7.49. The molecule has 0 aliphatic heterocycles. The van der Waals surface area contributed by atoms with E-state index >= 15 is 0 Å². The number of esters is 1. The van der Waals surface area contributed by atoms with Gasteiger partial charge in [0.05, 0.1) is 23.7 Å². The predicted octanol–water partition coefficient (Wildman–Crippen LogP) is 4.93. The normalized spacial score (nSPS) is 13.7. The molecule has 2 heterocycles. The number of ether oxygens (including phenoxy) is 1. The van der Waals surface area contributed by atoms with E-state index in [0.29, 0.717) is 17.3 Å². The van der Waals surface area contributed by atoms with E-state index in [9.17, 15) is 9.59 Å². The van der Waals surface area contributed by atoms with E-state index in [0.717, 1.165) is 46.4 Å². The summed E-state index contributed by atoms with van der Waals surface area (Å²) in [6.45, 7) is 5.94. The van der Waals surface area contributed by atoms with Gasteiger partial charge in [-0.1, -0.05) is 6.07 Å². The fourth-order valence-corrected chi connectivity index (χ4v) is 4.03. The van der Waals surface area contributed by atoms with Crippen LogP contribution >= 0.6 is 11.6 Å². The monoisotopic (exact) mass is 410 g/mol. The Bertz CT molecular complexity index is 1180. The van der Waals surface area contributed by atoms with E-state index in [1.54, 1.807) is 13.1 Å². The van der Waals surface area contributed by atoms with Gasteiger partial charge in [-0.15, -0.1) is 11.6 Å². The third-order valence-electron chi connectivity index (χ3n) is 5.34. The van der Waals surface area contributed by atoms with Crippen LogP contribution in [0.25, 0.3) is 22.0 Å². The van der Waals surface area contributed by atoms with Crippen LogP contribution in [0.1, 0.15) is 53.1 Å². The minimum Gasteiger partial charge on any atom is -0.462 e. The van der Waals surface area contributed by atoms with Crippen LogP contribution in [0.2, 0.25) is 0 Å². The molecule has 1 aromatic carbocycles. The number of nitrogens with zero attached hydrogens (tertiary/aromatic N) is 2. The molecular formula is C23H23ClN2O3. The van der Waals surface area contributed by atoms with Gasteiger partial charge in [-0.2, -0.15) is 0 Å². The van der Waals surface area contributed by atoms with E-state index in [1.807, 2.05) is 38.1 Å². The van der Waals surface area contributed by atoms with Crippen molar-refractivity contribution in [3.8, 4) is 11.1 Å². The molecule has 0 atom stereocenters. The number of benzene rings is 1. The molecule has 0 N–H and O–H groups in total. The maximum absolute atomic E-state index is 13.1. The summed E-state index contributed by atoms with van der Waals surface area (Å²) in [6, 6.07) is 8.07. The van der Waals surface area contributed by atoms with E-state index in [2.05, 4.69) is 9.55 Å². The molecule has 0 amide bonds. The summed E-state index contributed by atoms with van der Waals surface area (Å²) in [7, 11) is 0. The van der Waals surface area contributed by atoms with Crippen LogP contribution in [0, 0.1) is 13.8 Å². The fourth-order valence-electron chi connectivity index (χ4n) is 3.89. The van der Waals surface area contributed by atoms with Gasteiger partial charge < -0.3 is 9.30 Å². The van der Waals surface area contributed by atoms with Crippen LogP contribution in [0.5, 0.6) is 0 Å². The Morgan fingerprint density at radius 1 is 1.28 bits per heavy atom. The Morgan fingerprint density at radius 2 is 2.03 bits per heavy atom. The van der Waals surface area contributed by atoms with Crippen molar-refractivity contribution in [2.45, 2.75) is 45.5 Å². The molecule has 6 heteroatoms. The number of halogens is 1. The lowest BCUT2D eigenvalue weighted by Crippen LogP contribution is -2.21. The van der Waals surface area contributed by atoms with Crippen molar-refractivity contribution in [2.75, 3.05) is 6.61 Å². The second kappa shape index (κ2) is 7.64. The molecule has 1 aliphatic carbocycles. The van der Waals surface area contributed by atoms with Crippen molar-refractivity contribution in [2.24, 2.45) is 0 Å². The lowest BCUT2D eigenvalue weighted by molar-refractivity contribution is 0.0524. The number of pyridine rings is 2. The molecule has 4 rings (SSSR count). The molecule has 5 nitrogen and oxygen atoms in total. The van der Waals surface area contributed by atoms with E-state index in [-0.39, 0.29) is 17.6 Å². The van der Waals surface area contributed by atoms with Crippen LogP contribution in [-0.4, -0.2) is 22.1 Å². The number of fused-ring (bicyclic) bond motifs is 1. The molecule has 1 fully saturated rings. The van der Waals surface area contributed by atoms with Gasteiger partial charge in [-0.05, 0) is 68.5 Å². The number of alkyl halides is 1. The first-order valence-electron chi connectivity index (χ1n) is 9.84. The zero-order valence-corrected chi connectivity index (χ0v) is 17.5. The quantitative estimate of drug-likeness (QED) is 0.442. The highest BCUT2D eigenvalue weighted by Gasteiger charge is 2.28. The number of aryl methyl sites for hydroxylation is 2. The van der Waals surface area contributed by atoms with Gasteiger partial charge in [0.15, 0.2) is 0 Å². The molecule has 0 spiro atoms. The number of aromatic nitrogens is 2. The van der Waals surface area contributed by atoms with Crippen LogP contribution in [0.3, 0.4) is 0 Å². The summed E-state index contributed by atoms with van der Waals surface area (Å²) in [4.78, 5) is 29.8. The van der Waals surface area contributed by atoms with Crippen molar-refractivity contribution >= 4 is 28.5 Å². The summed E-state index contributed by atoms with van der Waals surface area (Å²) in [5.74, 6) is -0.219. The fraction of sp³-hybridized carbons (Fsp3) is 0.348. The van der Waals surface area contributed by atoms with Gasteiger partial charge in [0, 0.05) is 23.3 Å². The molecule has 1 saturated carbocycles. The van der Waals surface area contributed by atoms with Crippen molar-refractivity contribution < 1.29 is 9.53 Å². The first-order valence-corrected chi connectivity index (χ1v) is 10.4. The summed E-state index contributed by atoms with van der Waals surface area (Å²) in [5.41, 5.74) is 5.48. The smallest absolute Gasteiger partial charge is 0.343 e. The molecule has 0 unspecified atom stereocenters. The number of hydrogen-bond donors (Lipinski definition) is 0. The number of carbonyl (C=O) groups is 1. The first-order chi connectivity index (χ1) is 13.9. The van der Waals surface area contributed by atoms with Crippen molar-refractivity contribution in [1.29, 1.82) is 0 Å². The van der Waals surface area contributed by atoms with Gasteiger partial charge in [0.2, 0.25) is 5.43 Å². The highest BCUT2D eigenvalue weighted by Crippen LogP contribution is 2.39. The van der Waals surface area contributed by atoms with Crippen LogP contribution in [-0.2, 0) is 10.6 Å². The summed E-state index contributed by atoms with van der Waals surface area (Å²) >= 11 is 6.01.